The summed E-state index contributed by atoms with van der Waals surface area (Å²) in [5.74, 6) is 2.30. The van der Waals surface area contributed by atoms with Gasteiger partial charge in [-0.25, -0.2) is 0 Å². The fourth-order valence-corrected chi connectivity index (χ4v) is 4.07. The number of anilines is 1. The molecule has 2 aromatic heterocycles. The van der Waals surface area contributed by atoms with Crippen molar-refractivity contribution < 1.29 is 13.9 Å². The van der Waals surface area contributed by atoms with Gasteiger partial charge in [-0.05, 0) is 17.7 Å². The summed E-state index contributed by atoms with van der Waals surface area (Å²) in [7, 11) is 1.59. The van der Waals surface area contributed by atoms with Crippen LogP contribution in [0.1, 0.15) is 27.2 Å². The molecular formula is C18H16N2O3S. The minimum Gasteiger partial charge on any atom is -0.481 e. The van der Waals surface area contributed by atoms with Gasteiger partial charge in [-0.1, -0.05) is 30.3 Å². The predicted molar refractivity (Wildman–Crippen MR) is 94.7 cm³/mol. The number of nitrogens with zero attached hydrogens (tertiary/aromatic N) is 1. The van der Waals surface area contributed by atoms with Crippen LogP contribution in [-0.2, 0) is 12.2 Å². The molecule has 0 amide bonds. The molecule has 0 radical (unpaired) electrons. The van der Waals surface area contributed by atoms with Crippen molar-refractivity contribution in [3.05, 3.63) is 52.8 Å². The first-order chi connectivity index (χ1) is 11.7. The molecule has 24 heavy (non-hydrogen) atoms. The van der Waals surface area contributed by atoms with Gasteiger partial charge in [0.05, 0.1) is 18.2 Å². The van der Waals surface area contributed by atoms with Crippen molar-refractivity contribution in [2.45, 2.75) is 12.2 Å². The van der Waals surface area contributed by atoms with Crippen molar-refractivity contribution >= 4 is 34.3 Å². The van der Waals surface area contributed by atoms with Gasteiger partial charge in [0.1, 0.15) is 0 Å². The average molecular weight is 340 g/mol. The highest BCUT2D eigenvalue weighted by molar-refractivity contribution is 7.98. The van der Waals surface area contributed by atoms with E-state index in [9.17, 15) is 4.79 Å². The van der Waals surface area contributed by atoms with Crippen LogP contribution in [0.25, 0.3) is 11.1 Å². The van der Waals surface area contributed by atoms with Crippen molar-refractivity contribution in [2.75, 3.05) is 18.6 Å². The van der Waals surface area contributed by atoms with Crippen LogP contribution in [0.4, 0.5) is 5.69 Å². The predicted octanol–water partition coefficient (Wildman–Crippen LogP) is 3.44. The maximum absolute atomic E-state index is 12.7. The van der Waals surface area contributed by atoms with E-state index in [4.69, 9.17) is 14.9 Å². The summed E-state index contributed by atoms with van der Waals surface area (Å²) in [5, 5.41) is 0.755. The molecule has 0 saturated heterocycles. The number of nitrogens with two attached hydrogens (primary N) is 1. The molecule has 0 unspecified atom stereocenters. The number of benzene rings is 1. The second kappa shape index (κ2) is 5.87. The molecule has 1 aliphatic rings. The van der Waals surface area contributed by atoms with E-state index in [2.05, 4.69) is 4.98 Å². The average Bonchev–Trinajstić information content (AvgIpc) is 2.98. The number of nitrogen functional groups attached to an aromatic ring is 1. The summed E-state index contributed by atoms with van der Waals surface area (Å²) in [5.41, 5.74) is 9.71. The van der Waals surface area contributed by atoms with Crippen molar-refractivity contribution in [1.82, 2.24) is 4.98 Å². The van der Waals surface area contributed by atoms with Gasteiger partial charge in [0.15, 0.2) is 0 Å². The van der Waals surface area contributed by atoms with Gasteiger partial charge in [-0.3, -0.25) is 4.79 Å². The van der Waals surface area contributed by atoms with Crippen LogP contribution in [0.2, 0.25) is 0 Å². The van der Waals surface area contributed by atoms with Crippen LogP contribution >= 0.6 is 11.8 Å². The van der Waals surface area contributed by atoms with Crippen LogP contribution in [0.15, 0.2) is 34.7 Å². The lowest BCUT2D eigenvalue weighted by molar-refractivity contribution is 0.101. The highest BCUT2D eigenvalue weighted by atomic mass is 32.2. The summed E-state index contributed by atoms with van der Waals surface area (Å²) in [6.45, 7) is 0. The molecule has 122 valence electrons. The van der Waals surface area contributed by atoms with Gasteiger partial charge in [0.2, 0.25) is 23.1 Å². The number of hydrogen-bond acceptors (Lipinski definition) is 6. The monoisotopic (exact) mass is 340 g/mol. The summed E-state index contributed by atoms with van der Waals surface area (Å²) >= 11 is 1.83. The second-order valence-electron chi connectivity index (χ2n) is 5.60. The molecule has 0 atom stereocenters. The number of thioether (sulfide) groups is 1. The molecule has 1 aromatic carbocycles. The number of furan rings is 1. The summed E-state index contributed by atoms with van der Waals surface area (Å²) in [6.07, 6.45) is 0.859. The zero-order valence-corrected chi connectivity index (χ0v) is 14.0. The van der Waals surface area contributed by atoms with Gasteiger partial charge < -0.3 is 14.9 Å². The number of aryl methyl sites for hydroxylation is 1. The SMILES string of the molecule is COc1nc2oc(C(=O)c3ccccc3)c(N)c2c2c1CSCC2. The molecular weight excluding hydrogens is 324 g/mol. The van der Waals surface area contributed by atoms with Crippen molar-refractivity contribution in [2.24, 2.45) is 0 Å². The Labute approximate surface area is 143 Å². The lowest BCUT2D eigenvalue weighted by atomic mass is 10.0. The number of aromatic nitrogens is 1. The molecule has 4 rings (SSSR count). The molecule has 3 aromatic rings. The molecule has 1 aliphatic heterocycles. The molecule has 2 N–H and O–H groups in total. The summed E-state index contributed by atoms with van der Waals surface area (Å²) < 4.78 is 11.2. The maximum atomic E-state index is 12.7. The van der Waals surface area contributed by atoms with Crippen molar-refractivity contribution in [3.8, 4) is 5.88 Å². The Hall–Kier alpha value is -2.47. The van der Waals surface area contributed by atoms with Crippen LogP contribution in [-0.4, -0.2) is 23.6 Å². The first kappa shape index (κ1) is 15.1. The largest absolute Gasteiger partial charge is 0.481 e. The number of carbonyl (C=O) groups excluding carboxylic acids is 1. The van der Waals surface area contributed by atoms with Crippen LogP contribution in [0, 0.1) is 0 Å². The van der Waals surface area contributed by atoms with E-state index >= 15 is 0 Å². The lowest BCUT2D eigenvalue weighted by Crippen LogP contribution is -2.08. The maximum Gasteiger partial charge on any atom is 0.232 e. The minimum atomic E-state index is -0.232. The van der Waals surface area contributed by atoms with E-state index in [1.165, 1.54) is 0 Å². The summed E-state index contributed by atoms with van der Waals surface area (Å²) in [6, 6.07) is 8.97. The number of carbonyl (C=O) groups is 1. The van der Waals surface area contributed by atoms with E-state index in [-0.39, 0.29) is 11.5 Å². The Morgan fingerprint density at radius 2 is 2.08 bits per heavy atom. The number of ether oxygens (including phenoxy) is 1. The zero-order chi connectivity index (χ0) is 16.7. The number of hydrogen-bond donors (Lipinski definition) is 1. The van der Waals surface area contributed by atoms with Crippen LogP contribution in [0.5, 0.6) is 5.88 Å². The number of fused-ring (bicyclic) bond motifs is 3. The highest BCUT2D eigenvalue weighted by Gasteiger charge is 2.27. The third-order valence-electron chi connectivity index (χ3n) is 4.23. The Bertz CT molecular complexity index is 935. The molecule has 0 fully saturated rings. The Kier molecular flexibility index (Phi) is 3.69. The van der Waals surface area contributed by atoms with Gasteiger partial charge in [0, 0.05) is 16.9 Å². The Morgan fingerprint density at radius 3 is 2.83 bits per heavy atom. The van der Waals surface area contributed by atoms with E-state index in [0.717, 1.165) is 34.4 Å². The number of methoxy groups -OCH3 is 1. The van der Waals surface area contributed by atoms with Crippen LogP contribution in [0.3, 0.4) is 0 Å². The van der Waals surface area contributed by atoms with Gasteiger partial charge in [-0.2, -0.15) is 16.7 Å². The number of ketones is 1. The third-order valence-corrected chi connectivity index (χ3v) is 5.22. The van der Waals surface area contributed by atoms with Gasteiger partial charge in [0.25, 0.3) is 0 Å². The first-order valence-corrected chi connectivity index (χ1v) is 8.81. The fraction of sp³-hybridized carbons (Fsp3) is 0.222. The Balaban J connectivity index is 1.93. The summed E-state index contributed by atoms with van der Waals surface area (Å²) in [4.78, 5) is 17.2. The normalized spacial score (nSPS) is 13.7. The smallest absolute Gasteiger partial charge is 0.232 e. The van der Waals surface area contributed by atoms with E-state index in [1.807, 2.05) is 30.0 Å². The highest BCUT2D eigenvalue weighted by Crippen LogP contribution is 2.40. The van der Waals surface area contributed by atoms with E-state index in [0.29, 0.717) is 22.8 Å². The second-order valence-corrected chi connectivity index (χ2v) is 6.71. The number of rotatable bonds is 3. The fourth-order valence-electron chi connectivity index (χ4n) is 3.07. The molecule has 3 heterocycles. The molecule has 0 saturated carbocycles. The standard InChI is InChI=1S/C18H16N2O3S/c1-22-17-12-9-24-8-7-11(12)13-14(19)16(23-18(13)20-17)15(21)10-5-3-2-4-6-10/h2-6H,7-9,19H2,1H3. The minimum absolute atomic E-state index is 0.150. The lowest BCUT2D eigenvalue weighted by Gasteiger charge is -2.18. The molecule has 6 heteroatoms. The van der Waals surface area contributed by atoms with Gasteiger partial charge >= 0.3 is 0 Å². The topological polar surface area (TPSA) is 78.4 Å². The van der Waals surface area contributed by atoms with E-state index < -0.39 is 0 Å². The van der Waals surface area contributed by atoms with E-state index in [1.54, 1.807) is 19.2 Å². The molecule has 0 bridgehead atoms. The molecule has 0 aliphatic carbocycles. The zero-order valence-electron chi connectivity index (χ0n) is 13.2. The Morgan fingerprint density at radius 1 is 1.29 bits per heavy atom. The third kappa shape index (κ3) is 2.26. The van der Waals surface area contributed by atoms with Crippen LogP contribution < -0.4 is 10.5 Å². The number of pyridine rings is 1. The van der Waals surface area contributed by atoms with Crippen molar-refractivity contribution in [3.63, 3.8) is 0 Å². The molecule has 5 nitrogen and oxygen atoms in total. The molecule has 0 spiro atoms. The van der Waals surface area contributed by atoms with Crippen molar-refractivity contribution in [1.29, 1.82) is 0 Å². The first-order valence-electron chi connectivity index (χ1n) is 7.66. The quantitative estimate of drug-likeness (QED) is 0.736. The van der Waals surface area contributed by atoms with Gasteiger partial charge in [-0.15, -0.1) is 0 Å².